The average Bonchev–Trinajstić information content (AvgIpc) is 3.03. The Morgan fingerprint density at radius 2 is 2.00 bits per heavy atom. The van der Waals surface area contributed by atoms with Gasteiger partial charge in [0.25, 0.3) is 0 Å². The van der Waals surface area contributed by atoms with Gasteiger partial charge in [-0.15, -0.1) is 11.3 Å². The predicted molar refractivity (Wildman–Crippen MR) is 114 cm³/mol. The number of nitrogens with zero attached hydrogens (tertiary/aromatic N) is 2. The van der Waals surface area contributed by atoms with Crippen LogP contribution in [0.3, 0.4) is 0 Å². The van der Waals surface area contributed by atoms with Gasteiger partial charge in [0.1, 0.15) is 11.6 Å². The maximum Gasteiger partial charge on any atom is 0.411 e. The largest absolute Gasteiger partial charge is 0.478 e. The zero-order valence-electron chi connectivity index (χ0n) is 16.6. The van der Waals surface area contributed by atoms with Crippen LogP contribution in [0.1, 0.15) is 26.4 Å². The summed E-state index contributed by atoms with van der Waals surface area (Å²) in [5.74, 6) is -0.970. The topological polar surface area (TPSA) is 92.5 Å². The number of nitrogens with one attached hydrogen (secondary N) is 1. The van der Waals surface area contributed by atoms with Gasteiger partial charge >= 0.3 is 12.1 Å². The summed E-state index contributed by atoms with van der Waals surface area (Å²) in [5.41, 5.74) is 2.37. The molecule has 2 N–H and O–H groups in total. The van der Waals surface area contributed by atoms with Gasteiger partial charge in [-0.1, -0.05) is 12.1 Å². The molecule has 0 aliphatic carbocycles. The number of carboxylic acid groups (broad SMARTS) is 1. The van der Waals surface area contributed by atoms with E-state index in [0.29, 0.717) is 36.9 Å². The first-order valence-corrected chi connectivity index (χ1v) is 10.4. The Balaban J connectivity index is 1.60. The van der Waals surface area contributed by atoms with Gasteiger partial charge < -0.3 is 14.6 Å². The van der Waals surface area contributed by atoms with Crippen LogP contribution in [0, 0.1) is 13.5 Å². The molecule has 1 fully saturated rings. The van der Waals surface area contributed by atoms with Gasteiger partial charge in [0, 0.05) is 30.9 Å². The molecule has 0 atom stereocenters. The number of hydrogen-bond acceptors (Lipinski definition) is 6. The van der Waals surface area contributed by atoms with E-state index in [9.17, 15) is 9.59 Å². The predicted octanol–water partition coefficient (Wildman–Crippen LogP) is 3.78. The van der Waals surface area contributed by atoms with Gasteiger partial charge in [0.2, 0.25) is 5.69 Å². The van der Waals surface area contributed by atoms with Gasteiger partial charge in [-0.2, -0.15) is 0 Å². The molecule has 9 heteroatoms. The minimum atomic E-state index is -0.970. The fourth-order valence-corrected chi connectivity index (χ4v) is 4.27. The lowest BCUT2D eigenvalue weighted by molar-refractivity contribution is 0.0290. The number of anilines is 1. The third-order valence-corrected chi connectivity index (χ3v) is 6.05. The normalized spacial score (nSPS) is 14.1. The van der Waals surface area contributed by atoms with Crippen molar-refractivity contribution < 1.29 is 24.2 Å². The molecule has 2 heterocycles. The molecule has 8 nitrogen and oxygen atoms in total. The fourth-order valence-electron chi connectivity index (χ4n) is 3.11. The number of morpholine rings is 1. The SMILES string of the molecule is [C-]#[N+]c1c(NC(=O)OCCN2CCOCC2)sc(Cc2ccc(C(=O)O)cc2)c1C. The molecule has 0 bridgehead atoms. The highest BCUT2D eigenvalue weighted by Gasteiger charge is 2.18. The molecule has 2 aromatic rings. The van der Waals surface area contributed by atoms with E-state index >= 15 is 0 Å². The Bertz CT molecular complexity index is 943. The molecule has 0 unspecified atom stereocenters. The molecule has 1 aliphatic rings. The van der Waals surface area contributed by atoms with Crippen molar-refractivity contribution >= 4 is 34.1 Å². The fraction of sp³-hybridized carbons (Fsp3) is 0.381. The van der Waals surface area contributed by atoms with Crippen molar-refractivity contribution in [1.29, 1.82) is 0 Å². The highest BCUT2D eigenvalue weighted by molar-refractivity contribution is 7.17. The average molecular weight is 429 g/mol. The summed E-state index contributed by atoms with van der Waals surface area (Å²) in [6, 6.07) is 6.63. The van der Waals surface area contributed by atoms with Crippen molar-refractivity contribution in [2.45, 2.75) is 13.3 Å². The van der Waals surface area contributed by atoms with E-state index in [-0.39, 0.29) is 12.2 Å². The van der Waals surface area contributed by atoms with Crippen LogP contribution >= 0.6 is 11.3 Å². The molecule has 30 heavy (non-hydrogen) atoms. The second-order valence-electron chi connectivity index (χ2n) is 6.83. The number of carbonyl (C=O) groups excluding carboxylic acids is 1. The van der Waals surface area contributed by atoms with E-state index in [1.165, 1.54) is 11.3 Å². The Morgan fingerprint density at radius 1 is 1.30 bits per heavy atom. The number of benzene rings is 1. The highest BCUT2D eigenvalue weighted by atomic mass is 32.1. The lowest BCUT2D eigenvalue weighted by Crippen LogP contribution is -2.38. The van der Waals surface area contributed by atoms with Crippen molar-refractivity contribution in [3.8, 4) is 0 Å². The van der Waals surface area contributed by atoms with E-state index in [1.54, 1.807) is 24.3 Å². The number of hydrogen-bond donors (Lipinski definition) is 2. The van der Waals surface area contributed by atoms with E-state index < -0.39 is 12.1 Å². The van der Waals surface area contributed by atoms with Crippen LogP contribution in [0.5, 0.6) is 0 Å². The lowest BCUT2D eigenvalue weighted by Gasteiger charge is -2.26. The summed E-state index contributed by atoms with van der Waals surface area (Å²) in [6.07, 6.45) is -0.0288. The molecule has 1 saturated heterocycles. The van der Waals surface area contributed by atoms with E-state index in [1.807, 2.05) is 6.92 Å². The molecule has 1 aliphatic heterocycles. The summed E-state index contributed by atoms with van der Waals surface area (Å²) < 4.78 is 10.6. The molecule has 0 saturated carbocycles. The molecular formula is C21H23N3O5S. The summed E-state index contributed by atoms with van der Waals surface area (Å²) in [6.45, 7) is 13.3. The Kier molecular flexibility index (Phi) is 7.41. The van der Waals surface area contributed by atoms with Crippen LogP contribution in [0.15, 0.2) is 24.3 Å². The quantitative estimate of drug-likeness (QED) is 0.651. The second kappa shape index (κ2) is 10.2. The van der Waals surface area contributed by atoms with Crippen LogP contribution in [-0.4, -0.2) is 61.5 Å². The third kappa shape index (κ3) is 5.57. The van der Waals surface area contributed by atoms with Crippen LogP contribution in [0.2, 0.25) is 0 Å². The molecule has 3 rings (SSSR count). The number of aromatic carboxylic acids is 1. The number of thiophene rings is 1. The van der Waals surface area contributed by atoms with E-state index in [0.717, 1.165) is 29.1 Å². The number of amides is 1. The van der Waals surface area contributed by atoms with Crippen molar-refractivity contribution in [1.82, 2.24) is 4.90 Å². The summed E-state index contributed by atoms with van der Waals surface area (Å²) in [7, 11) is 0. The number of ether oxygens (including phenoxy) is 2. The summed E-state index contributed by atoms with van der Waals surface area (Å²) >= 11 is 1.34. The summed E-state index contributed by atoms with van der Waals surface area (Å²) in [4.78, 5) is 29.8. The van der Waals surface area contributed by atoms with Crippen LogP contribution in [-0.2, 0) is 15.9 Å². The Labute approximate surface area is 178 Å². The number of carbonyl (C=O) groups is 2. The molecule has 1 amide bonds. The Hall–Kier alpha value is -2.93. The van der Waals surface area contributed by atoms with Crippen LogP contribution < -0.4 is 5.32 Å². The van der Waals surface area contributed by atoms with Gasteiger partial charge in [-0.05, 0) is 30.2 Å². The maximum atomic E-state index is 12.2. The van der Waals surface area contributed by atoms with E-state index in [4.69, 9.17) is 21.2 Å². The monoisotopic (exact) mass is 429 g/mol. The standard InChI is InChI=1S/C21H23N3O5S/c1-14-17(13-15-3-5-16(6-4-15)20(25)26)30-19(18(14)22-2)23-21(27)29-12-9-24-7-10-28-11-8-24/h3-6H,7-13H2,1H3,(H,23,27)(H,25,26). The molecule has 0 radical (unpaired) electrons. The minimum absolute atomic E-state index is 0.227. The van der Waals surface area contributed by atoms with Crippen LogP contribution in [0.25, 0.3) is 4.85 Å². The lowest BCUT2D eigenvalue weighted by atomic mass is 10.1. The minimum Gasteiger partial charge on any atom is -0.478 e. The number of carboxylic acids is 1. The molecule has 0 spiro atoms. The Morgan fingerprint density at radius 3 is 2.63 bits per heavy atom. The molecule has 1 aromatic heterocycles. The van der Waals surface area contributed by atoms with E-state index in [2.05, 4.69) is 15.1 Å². The molecular weight excluding hydrogens is 406 g/mol. The third-order valence-electron chi connectivity index (χ3n) is 4.85. The van der Waals surface area contributed by atoms with Gasteiger partial charge in [-0.25, -0.2) is 14.4 Å². The summed E-state index contributed by atoms with van der Waals surface area (Å²) in [5, 5.41) is 12.2. The first kappa shape index (κ1) is 21.8. The van der Waals surface area contributed by atoms with Crippen LogP contribution in [0.4, 0.5) is 15.5 Å². The zero-order chi connectivity index (χ0) is 21.5. The first-order chi connectivity index (χ1) is 14.5. The first-order valence-electron chi connectivity index (χ1n) is 9.53. The molecule has 1 aromatic carbocycles. The number of rotatable bonds is 7. The van der Waals surface area contributed by atoms with Crippen molar-refractivity contribution in [2.24, 2.45) is 0 Å². The van der Waals surface area contributed by atoms with Crippen molar-refractivity contribution in [2.75, 3.05) is 44.8 Å². The van der Waals surface area contributed by atoms with Gasteiger partial charge in [0.15, 0.2) is 0 Å². The maximum absolute atomic E-state index is 12.2. The molecule has 158 valence electrons. The highest BCUT2D eigenvalue weighted by Crippen LogP contribution is 2.41. The van der Waals surface area contributed by atoms with Crippen molar-refractivity contribution in [3.05, 3.63) is 57.3 Å². The smallest absolute Gasteiger partial charge is 0.411 e. The van der Waals surface area contributed by atoms with Gasteiger partial charge in [-0.3, -0.25) is 10.2 Å². The van der Waals surface area contributed by atoms with Gasteiger partial charge in [0.05, 0.1) is 25.3 Å². The zero-order valence-corrected chi connectivity index (χ0v) is 17.5. The second-order valence-corrected chi connectivity index (χ2v) is 7.94. The van der Waals surface area contributed by atoms with Crippen molar-refractivity contribution in [3.63, 3.8) is 0 Å².